The Labute approximate surface area is 87.1 Å². The highest BCUT2D eigenvalue weighted by atomic mass is 32.1. The summed E-state index contributed by atoms with van der Waals surface area (Å²) < 4.78 is 1.97. The minimum absolute atomic E-state index is 0.409. The number of aromatic nitrogens is 1. The lowest BCUT2D eigenvalue weighted by molar-refractivity contribution is -0.704. The van der Waals surface area contributed by atoms with Gasteiger partial charge in [-0.25, -0.2) is 4.57 Å². The van der Waals surface area contributed by atoms with Crippen molar-refractivity contribution in [1.29, 1.82) is 0 Å². The molecule has 2 rings (SSSR count). The molecule has 14 heavy (non-hydrogen) atoms. The normalized spacial score (nSPS) is 12.6. The molecule has 0 aliphatic carbocycles. The number of aliphatic hydroxyl groups excluding tert-OH is 1. The lowest BCUT2D eigenvalue weighted by Gasteiger charge is -2.03. The van der Waals surface area contributed by atoms with E-state index in [2.05, 4.69) is 0 Å². The van der Waals surface area contributed by atoms with Crippen molar-refractivity contribution in [2.24, 2.45) is 0 Å². The number of aliphatic hydroxyl groups is 1. The number of thiophene rings is 1. The second-order valence-electron chi connectivity index (χ2n) is 3.14. The van der Waals surface area contributed by atoms with Crippen LogP contribution in [0.15, 0.2) is 47.4 Å². The zero-order chi connectivity index (χ0) is 9.80. The van der Waals surface area contributed by atoms with Crippen LogP contribution in [0.2, 0.25) is 0 Å². The molecule has 2 aromatic rings. The molecule has 0 spiro atoms. The summed E-state index contributed by atoms with van der Waals surface area (Å²) in [4.78, 5) is 0. The van der Waals surface area contributed by atoms with Gasteiger partial charge in [-0.2, -0.15) is 11.3 Å². The standard InChI is InChI=1S/C11H12NOS/c13-11(10-4-7-14-9-10)8-12-5-2-1-3-6-12/h1-7,9,11,13H,8H2/q+1. The molecule has 0 saturated heterocycles. The minimum Gasteiger partial charge on any atom is -0.382 e. The summed E-state index contributed by atoms with van der Waals surface area (Å²) in [5, 5.41) is 13.8. The van der Waals surface area contributed by atoms with Crippen LogP contribution in [0, 0.1) is 0 Å². The van der Waals surface area contributed by atoms with E-state index in [1.165, 1.54) is 0 Å². The van der Waals surface area contributed by atoms with Gasteiger partial charge < -0.3 is 5.11 Å². The molecular weight excluding hydrogens is 194 g/mol. The van der Waals surface area contributed by atoms with Crippen LogP contribution in [-0.2, 0) is 6.54 Å². The number of hydrogen-bond donors (Lipinski definition) is 1. The van der Waals surface area contributed by atoms with Crippen molar-refractivity contribution in [1.82, 2.24) is 0 Å². The van der Waals surface area contributed by atoms with Crippen molar-refractivity contribution in [3.05, 3.63) is 53.0 Å². The fourth-order valence-electron chi connectivity index (χ4n) is 1.33. The molecule has 1 N–H and O–H groups in total. The Bertz CT molecular complexity index is 371. The van der Waals surface area contributed by atoms with Crippen LogP contribution in [-0.4, -0.2) is 5.11 Å². The SMILES string of the molecule is OC(C[n+]1ccccc1)c1ccsc1. The molecule has 0 radical (unpaired) electrons. The third-order valence-electron chi connectivity index (χ3n) is 2.09. The van der Waals surface area contributed by atoms with Crippen molar-refractivity contribution in [3.8, 4) is 0 Å². The second-order valence-corrected chi connectivity index (χ2v) is 3.92. The van der Waals surface area contributed by atoms with E-state index in [0.717, 1.165) is 5.56 Å². The summed E-state index contributed by atoms with van der Waals surface area (Å²) in [6, 6.07) is 7.84. The minimum atomic E-state index is -0.409. The predicted molar refractivity (Wildman–Crippen MR) is 55.9 cm³/mol. The molecule has 0 saturated carbocycles. The summed E-state index contributed by atoms with van der Waals surface area (Å²) in [6.45, 7) is 0.609. The Morgan fingerprint density at radius 3 is 2.71 bits per heavy atom. The number of rotatable bonds is 3. The summed E-state index contributed by atoms with van der Waals surface area (Å²) in [5.74, 6) is 0. The zero-order valence-corrected chi connectivity index (χ0v) is 8.52. The van der Waals surface area contributed by atoms with Gasteiger partial charge >= 0.3 is 0 Å². The van der Waals surface area contributed by atoms with Crippen molar-refractivity contribution in [2.45, 2.75) is 12.6 Å². The molecule has 0 bridgehead atoms. The van der Waals surface area contributed by atoms with Gasteiger partial charge in [-0.05, 0) is 22.4 Å². The molecule has 2 heterocycles. The van der Waals surface area contributed by atoms with Crippen LogP contribution >= 0.6 is 11.3 Å². The predicted octanol–water partition coefficient (Wildman–Crippen LogP) is 1.77. The Hall–Kier alpha value is -1.19. The third-order valence-corrected chi connectivity index (χ3v) is 2.79. The van der Waals surface area contributed by atoms with E-state index in [9.17, 15) is 5.11 Å². The molecule has 1 unspecified atom stereocenters. The summed E-state index contributed by atoms with van der Waals surface area (Å²) in [7, 11) is 0. The van der Waals surface area contributed by atoms with E-state index >= 15 is 0 Å². The molecule has 0 aliphatic heterocycles. The maximum atomic E-state index is 9.85. The topological polar surface area (TPSA) is 24.1 Å². The van der Waals surface area contributed by atoms with E-state index in [1.807, 2.05) is 52.0 Å². The highest BCUT2D eigenvalue weighted by Crippen LogP contribution is 2.15. The van der Waals surface area contributed by atoms with Crippen LogP contribution in [0.3, 0.4) is 0 Å². The van der Waals surface area contributed by atoms with E-state index in [0.29, 0.717) is 6.54 Å². The van der Waals surface area contributed by atoms with Crippen LogP contribution < -0.4 is 4.57 Å². The largest absolute Gasteiger partial charge is 0.382 e. The first kappa shape index (κ1) is 9.37. The van der Waals surface area contributed by atoms with Gasteiger partial charge in [-0.15, -0.1) is 0 Å². The van der Waals surface area contributed by atoms with Crippen LogP contribution in [0.5, 0.6) is 0 Å². The van der Waals surface area contributed by atoms with E-state index in [-0.39, 0.29) is 0 Å². The average molecular weight is 206 g/mol. The number of hydrogen-bond acceptors (Lipinski definition) is 2. The first-order valence-electron chi connectivity index (χ1n) is 4.50. The molecule has 1 atom stereocenters. The van der Waals surface area contributed by atoms with Crippen molar-refractivity contribution < 1.29 is 9.67 Å². The Kier molecular flexibility index (Phi) is 2.91. The maximum Gasteiger partial charge on any atom is 0.178 e. The Morgan fingerprint density at radius 2 is 2.07 bits per heavy atom. The highest BCUT2D eigenvalue weighted by Gasteiger charge is 2.12. The second kappa shape index (κ2) is 4.35. The van der Waals surface area contributed by atoms with Gasteiger partial charge in [0.1, 0.15) is 6.10 Å². The average Bonchev–Trinajstić information content (AvgIpc) is 2.72. The molecule has 72 valence electrons. The first-order valence-corrected chi connectivity index (χ1v) is 5.45. The number of pyridine rings is 1. The molecule has 0 aliphatic rings. The molecule has 0 aromatic carbocycles. The zero-order valence-electron chi connectivity index (χ0n) is 7.71. The quantitative estimate of drug-likeness (QED) is 0.760. The molecule has 2 aromatic heterocycles. The number of nitrogens with zero attached hydrogens (tertiary/aromatic N) is 1. The Morgan fingerprint density at radius 1 is 1.29 bits per heavy atom. The summed E-state index contributed by atoms with van der Waals surface area (Å²) in [6.07, 6.45) is 3.50. The smallest absolute Gasteiger partial charge is 0.178 e. The van der Waals surface area contributed by atoms with Crippen molar-refractivity contribution in [3.63, 3.8) is 0 Å². The summed E-state index contributed by atoms with van der Waals surface area (Å²) >= 11 is 1.61. The van der Waals surface area contributed by atoms with Crippen LogP contribution in [0.4, 0.5) is 0 Å². The van der Waals surface area contributed by atoms with Gasteiger partial charge in [0.2, 0.25) is 0 Å². The molecule has 0 amide bonds. The highest BCUT2D eigenvalue weighted by molar-refractivity contribution is 7.07. The van der Waals surface area contributed by atoms with Crippen LogP contribution in [0.1, 0.15) is 11.7 Å². The molecule has 3 heteroatoms. The van der Waals surface area contributed by atoms with E-state index < -0.39 is 6.10 Å². The van der Waals surface area contributed by atoms with Gasteiger partial charge in [0, 0.05) is 12.1 Å². The van der Waals surface area contributed by atoms with Gasteiger partial charge in [0.15, 0.2) is 18.9 Å². The van der Waals surface area contributed by atoms with Gasteiger partial charge in [-0.1, -0.05) is 6.07 Å². The third kappa shape index (κ3) is 2.19. The lowest BCUT2D eigenvalue weighted by atomic mass is 10.2. The van der Waals surface area contributed by atoms with Gasteiger partial charge in [0.25, 0.3) is 0 Å². The Balaban J connectivity index is 2.06. The van der Waals surface area contributed by atoms with Gasteiger partial charge in [-0.3, -0.25) is 0 Å². The van der Waals surface area contributed by atoms with E-state index in [1.54, 1.807) is 11.3 Å². The molecule has 2 nitrogen and oxygen atoms in total. The molecule has 0 fully saturated rings. The maximum absolute atomic E-state index is 9.85. The lowest BCUT2D eigenvalue weighted by Crippen LogP contribution is -2.35. The van der Waals surface area contributed by atoms with Crippen molar-refractivity contribution in [2.75, 3.05) is 0 Å². The summed E-state index contributed by atoms with van der Waals surface area (Å²) in [5.41, 5.74) is 0.992. The fourth-order valence-corrected chi connectivity index (χ4v) is 2.03. The monoisotopic (exact) mass is 206 g/mol. The van der Waals surface area contributed by atoms with Crippen LogP contribution in [0.25, 0.3) is 0 Å². The van der Waals surface area contributed by atoms with Crippen molar-refractivity contribution >= 4 is 11.3 Å². The first-order chi connectivity index (χ1) is 6.86. The van der Waals surface area contributed by atoms with Gasteiger partial charge in [0.05, 0.1) is 0 Å². The fraction of sp³-hybridized carbons (Fsp3) is 0.182. The molecular formula is C11H12NOS+. The van der Waals surface area contributed by atoms with E-state index in [4.69, 9.17) is 0 Å².